The number of likely N-dealkylation sites (N-methyl/N-ethyl adjacent to an activating group) is 1. The molecule has 1 aromatic rings. The Bertz CT molecular complexity index is 809. The van der Waals surface area contributed by atoms with Gasteiger partial charge in [-0.05, 0) is 75.6 Å². The Kier molecular flexibility index (Phi) is 9.34. The van der Waals surface area contributed by atoms with E-state index in [1.165, 1.54) is 50.9 Å². The first-order valence-electron chi connectivity index (χ1n) is 14.9. The first-order chi connectivity index (χ1) is 17.7. The monoisotopic (exact) mass is 495 g/mol. The number of hydrogen-bond donors (Lipinski definition) is 1. The smallest absolute Gasteiger partial charge is 0.220 e. The zero-order valence-corrected chi connectivity index (χ0v) is 22.6. The van der Waals surface area contributed by atoms with Crippen molar-refractivity contribution in [2.45, 2.75) is 70.5 Å². The van der Waals surface area contributed by atoms with Crippen LogP contribution in [0.3, 0.4) is 0 Å². The van der Waals surface area contributed by atoms with E-state index in [0.29, 0.717) is 12.5 Å². The van der Waals surface area contributed by atoms with E-state index in [0.717, 1.165) is 83.1 Å². The van der Waals surface area contributed by atoms with Crippen molar-refractivity contribution in [2.75, 3.05) is 65.4 Å². The fourth-order valence-corrected chi connectivity index (χ4v) is 7.72. The highest BCUT2D eigenvalue weighted by atomic mass is 16.1. The number of amides is 1. The lowest BCUT2D eigenvalue weighted by Crippen LogP contribution is -2.64. The molecule has 4 atom stereocenters. The minimum atomic E-state index is 0.244. The fraction of sp³-hybridized carbons (Fsp3) is 0.767. The van der Waals surface area contributed by atoms with E-state index < -0.39 is 0 Å². The molecule has 0 unspecified atom stereocenters. The van der Waals surface area contributed by atoms with Gasteiger partial charge in [-0.1, -0.05) is 37.3 Å². The third-order valence-electron chi connectivity index (χ3n) is 9.57. The van der Waals surface area contributed by atoms with Crippen LogP contribution in [0.15, 0.2) is 30.3 Å². The maximum atomic E-state index is 12.7. The van der Waals surface area contributed by atoms with Gasteiger partial charge in [0.2, 0.25) is 5.91 Å². The minimum Gasteiger partial charge on any atom is -0.355 e. The van der Waals surface area contributed by atoms with Gasteiger partial charge in [0.15, 0.2) is 0 Å². The number of likely N-dealkylation sites (tertiary alicyclic amines) is 1. The molecule has 0 radical (unpaired) electrons. The van der Waals surface area contributed by atoms with E-state index >= 15 is 0 Å². The molecule has 1 amide bonds. The quantitative estimate of drug-likeness (QED) is 0.540. The van der Waals surface area contributed by atoms with Gasteiger partial charge < -0.3 is 10.2 Å². The Morgan fingerprint density at radius 2 is 1.72 bits per heavy atom. The van der Waals surface area contributed by atoms with Gasteiger partial charge in [-0.3, -0.25) is 19.5 Å². The summed E-state index contributed by atoms with van der Waals surface area (Å²) in [5.74, 6) is 1.84. The number of carbonyl (C=O) groups is 1. The molecule has 0 aliphatic carbocycles. The summed E-state index contributed by atoms with van der Waals surface area (Å²) in [5, 5.41) is 3.22. The Hall–Kier alpha value is -1.47. The van der Waals surface area contributed by atoms with Crippen molar-refractivity contribution in [3.63, 3.8) is 0 Å². The Morgan fingerprint density at radius 1 is 0.972 bits per heavy atom. The summed E-state index contributed by atoms with van der Waals surface area (Å²) < 4.78 is 0. The van der Waals surface area contributed by atoms with Crippen LogP contribution in [0.5, 0.6) is 0 Å². The normalized spacial score (nSPS) is 30.1. The summed E-state index contributed by atoms with van der Waals surface area (Å²) in [6.45, 7) is 14.6. The second-order valence-electron chi connectivity index (χ2n) is 11.7. The van der Waals surface area contributed by atoms with Gasteiger partial charge in [-0.2, -0.15) is 0 Å². The molecule has 1 N–H and O–H groups in total. The van der Waals surface area contributed by atoms with Crippen molar-refractivity contribution in [3.05, 3.63) is 35.9 Å². The van der Waals surface area contributed by atoms with E-state index in [4.69, 9.17) is 0 Å². The summed E-state index contributed by atoms with van der Waals surface area (Å²) in [4.78, 5) is 23.3. The van der Waals surface area contributed by atoms with E-state index in [1.807, 2.05) is 0 Å². The molecule has 5 rings (SSSR count). The number of carbonyl (C=O) groups excluding carboxylic acids is 1. The molecule has 1 aromatic carbocycles. The zero-order valence-electron chi connectivity index (χ0n) is 22.6. The van der Waals surface area contributed by atoms with Crippen LogP contribution in [-0.2, 0) is 11.3 Å². The van der Waals surface area contributed by atoms with Crippen molar-refractivity contribution >= 4 is 5.91 Å². The molecule has 36 heavy (non-hydrogen) atoms. The average molecular weight is 496 g/mol. The molecule has 200 valence electrons. The van der Waals surface area contributed by atoms with Gasteiger partial charge in [-0.25, -0.2) is 0 Å². The molecule has 6 nitrogen and oxygen atoms in total. The van der Waals surface area contributed by atoms with Gasteiger partial charge in [0.1, 0.15) is 0 Å². The Labute approximate surface area is 219 Å². The molecule has 4 heterocycles. The number of rotatable bonds is 10. The SMILES string of the molecule is CCN1CCN(CCNC(=O)CCC[C@@H]2[C@H]3CCCN4CCC[C@@H](CN2Cc2ccccc2)[C@@H]34)CC1. The summed E-state index contributed by atoms with van der Waals surface area (Å²) in [7, 11) is 0. The molecule has 0 spiro atoms. The Balaban J connectivity index is 1.12. The van der Waals surface area contributed by atoms with Crippen molar-refractivity contribution in [1.82, 2.24) is 24.9 Å². The molecule has 4 saturated heterocycles. The molecule has 4 aliphatic heterocycles. The third kappa shape index (κ3) is 6.50. The van der Waals surface area contributed by atoms with Crippen molar-refractivity contribution in [1.29, 1.82) is 0 Å². The number of nitrogens with zero attached hydrogens (tertiary/aromatic N) is 4. The molecule has 0 bridgehead atoms. The highest BCUT2D eigenvalue weighted by molar-refractivity contribution is 5.75. The van der Waals surface area contributed by atoms with Gasteiger partial charge >= 0.3 is 0 Å². The number of benzene rings is 1. The molecular formula is C30H49N5O. The van der Waals surface area contributed by atoms with Crippen molar-refractivity contribution < 1.29 is 4.79 Å². The molecule has 4 aliphatic rings. The third-order valence-corrected chi connectivity index (χ3v) is 9.57. The second kappa shape index (κ2) is 12.9. The van der Waals surface area contributed by atoms with E-state index in [1.54, 1.807) is 0 Å². The van der Waals surface area contributed by atoms with Crippen LogP contribution in [-0.4, -0.2) is 103 Å². The molecule has 4 fully saturated rings. The second-order valence-corrected chi connectivity index (χ2v) is 11.7. The highest BCUT2D eigenvalue weighted by Crippen LogP contribution is 2.43. The lowest BCUT2D eigenvalue weighted by atomic mass is 9.69. The summed E-state index contributed by atoms with van der Waals surface area (Å²) >= 11 is 0. The fourth-order valence-electron chi connectivity index (χ4n) is 7.72. The molecule has 6 heteroatoms. The predicted octanol–water partition coefficient (Wildman–Crippen LogP) is 3.29. The number of hydrogen-bond acceptors (Lipinski definition) is 5. The zero-order chi connectivity index (χ0) is 24.7. The standard InChI is InChI=1S/C30H49N5O/c1-2-32-19-21-33(22-20-32)18-15-31-29(36)14-6-13-28-27-12-8-17-34-16-7-11-26(30(27)34)24-35(28)23-25-9-4-3-5-10-25/h3-5,9-10,26-28,30H,2,6-8,11-24H2,1H3,(H,31,36)/t26-,27+,28+,30-/m0/s1. The first kappa shape index (κ1) is 26.1. The number of piperazine rings is 1. The largest absolute Gasteiger partial charge is 0.355 e. The maximum Gasteiger partial charge on any atom is 0.220 e. The Morgan fingerprint density at radius 3 is 2.50 bits per heavy atom. The highest BCUT2D eigenvalue weighted by Gasteiger charge is 2.48. The van der Waals surface area contributed by atoms with Crippen LogP contribution in [0, 0.1) is 11.8 Å². The van der Waals surface area contributed by atoms with Crippen LogP contribution in [0.1, 0.15) is 57.4 Å². The van der Waals surface area contributed by atoms with Crippen LogP contribution >= 0.6 is 0 Å². The molecule has 0 aromatic heterocycles. The van der Waals surface area contributed by atoms with E-state index in [2.05, 4.69) is 62.2 Å². The van der Waals surface area contributed by atoms with E-state index in [9.17, 15) is 4.79 Å². The van der Waals surface area contributed by atoms with Crippen LogP contribution in [0.25, 0.3) is 0 Å². The van der Waals surface area contributed by atoms with Gasteiger partial charge in [0.25, 0.3) is 0 Å². The van der Waals surface area contributed by atoms with Crippen LogP contribution in [0.2, 0.25) is 0 Å². The first-order valence-corrected chi connectivity index (χ1v) is 14.9. The summed E-state index contributed by atoms with van der Waals surface area (Å²) in [6, 6.07) is 12.4. The van der Waals surface area contributed by atoms with E-state index in [-0.39, 0.29) is 5.91 Å². The maximum absolute atomic E-state index is 12.7. The topological polar surface area (TPSA) is 42.1 Å². The van der Waals surface area contributed by atoms with Crippen molar-refractivity contribution in [3.8, 4) is 0 Å². The lowest BCUT2D eigenvalue weighted by molar-refractivity contribution is -0.121. The van der Waals surface area contributed by atoms with Gasteiger partial charge in [0, 0.05) is 70.9 Å². The van der Waals surface area contributed by atoms with Crippen LogP contribution < -0.4 is 5.32 Å². The average Bonchev–Trinajstić information content (AvgIpc) is 2.91. The van der Waals surface area contributed by atoms with Crippen molar-refractivity contribution in [2.24, 2.45) is 11.8 Å². The lowest BCUT2D eigenvalue weighted by Gasteiger charge is -2.57. The summed E-state index contributed by atoms with van der Waals surface area (Å²) in [6.07, 6.45) is 8.30. The number of nitrogens with one attached hydrogen (secondary N) is 1. The van der Waals surface area contributed by atoms with Crippen LogP contribution in [0.4, 0.5) is 0 Å². The van der Waals surface area contributed by atoms with Gasteiger partial charge in [-0.15, -0.1) is 0 Å². The summed E-state index contributed by atoms with van der Waals surface area (Å²) in [5.41, 5.74) is 1.43. The minimum absolute atomic E-state index is 0.244. The molecular weight excluding hydrogens is 446 g/mol. The molecule has 0 saturated carbocycles. The predicted molar refractivity (Wildman–Crippen MR) is 147 cm³/mol. The number of piperidine rings is 3. The van der Waals surface area contributed by atoms with Gasteiger partial charge in [0.05, 0.1) is 0 Å².